The van der Waals surface area contributed by atoms with Crippen LogP contribution in [0.15, 0.2) is 107 Å². The first kappa shape index (κ1) is 25.4. The lowest BCUT2D eigenvalue weighted by molar-refractivity contribution is 0.193. The number of hydrogen-bond acceptors (Lipinski definition) is 7. The minimum Gasteiger partial charge on any atom is -0.467 e. The van der Waals surface area contributed by atoms with E-state index in [-0.39, 0.29) is 5.56 Å². The third-order valence-electron chi connectivity index (χ3n) is 7.03. The van der Waals surface area contributed by atoms with E-state index < -0.39 is 6.04 Å². The summed E-state index contributed by atoms with van der Waals surface area (Å²) in [5.41, 5.74) is 4.49. The number of fused-ring (bicyclic) bond motifs is 1. The molecule has 0 saturated carbocycles. The number of nitrogens with zero attached hydrogens (tertiary/aromatic N) is 6. The average Bonchev–Trinajstić information content (AvgIpc) is 3.67. The molecule has 1 unspecified atom stereocenters. The van der Waals surface area contributed by atoms with Gasteiger partial charge < -0.3 is 9.40 Å². The van der Waals surface area contributed by atoms with Gasteiger partial charge in [-0.3, -0.25) is 14.7 Å². The molecule has 0 aliphatic carbocycles. The van der Waals surface area contributed by atoms with Crippen molar-refractivity contribution >= 4 is 10.9 Å². The number of tetrazole rings is 1. The van der Waals surface area contributed by atoms with Crippen LogP contribution in [0.5, 0.6) is 0 Å². The van der Waals surface area contributed by atoms with Crippen LogP contribution in [0.1, 0.15) is 46.8 Å². The van der Waals surface area contributed by atoms with E-state index in [4.69, 9.17) is 4.42 Å². The van der Waals surface area contributed by atoms with Gasteiger partial charge in [0.15, 0.2) is 5.82 Å². The maximum Gasteiger partial charge on any atom is 0.253 e. The second-order valence-corrected chi connectivity index (χ2v) is 9.76. The molecule has 9 nitrogen and oxygen atoms in total. The second kappa shape index (κ2) is 11.5. The quantitative estimate of drug-likeness (QED) is 0.268. The SMILES string of the molecule is CCc1ccc2[nH]c(=O)c(C(c3nnnn3Cc3ccco3)N(Cc3ccccc3)Cc3cccnc3)cc2c1. The summed E-state index contributed by atoms with van der Waals surface area (Å²) in [6, 6.07) is 25.4. The number of H-pyrrole nitrogens is 1. The molecule has 0 spiro atoms. The zero-order chi connectivity index (χ0) is 27.3. The van der Waals surface area contributed by atoms with E-state index in [2.05, 4.69) is 55.5 Å². The van der Waals surface area contributed by atoms with Gasteiger partial charge in [-0.05, 0) is 75.3 Å². The molecule has 0 aliphatic heterocycles. The van der Waals surface area contributed by atoms with E-state index in [0.717, 1.165) is 28.5 Å². The van der Waals surface area contributed by atoms with Crippen molar-refractivity contribution in [3.05, 3.63) is 142 Å². The van der Waals surface area contributed by atoms with Crippen LogP contribution in [0.3, 0.4) is 0 Å². The standard InChI is InChI=1S/C31H29N7O2/c1-2-22-12-13-28-25(16-22)17-27(31(39)33-28)29(30-34-35-36-38(30)21-26-11-7-15-40-26)37(19-23-8-4-3-5-9-23)20-24-10-6-14-32-18-24/h3-18,29H,2,19-21H2,1H3,(H,33,39). The van der Waals surface area contributed by atoms with E-state index in [1.165, 1.54) is 5.56 Å². The number of rotatable bonds is 10. The summed E-state index contributed by atoms with van der Waals surface area (Å²) < 4.78 is 7.30. The molecule has 0 bridgehead atoms. The van der Waals surface area contributed by atoms with Gasteiger partial charge in [-0.2, -0.15) is 0 Å². The lowest BCUT2D eigenvalue weighted by atomic mass is 10.0. The summed E-state index contributed by atoms with van der Waals surface area (Å²) in [7, 11) is 0. The van der Waals surface area contributed by atoms with Crippen LogP contribution in [-0.2, 0) is 26.1 Å². The Balaban J connectivity index is 1.53. The fourth-order valence-corrected chi connectivity index (χ4v) is 5.05. The summed E-state index contributed by atoms with van der Waals surface area (Å²) in [6.07, 6.45) is 6.13. The van der Waals surface area contributed by atoms with Crippen molar-refractivity contribution < 1.29 is 4.42 Å². The predicted octanol–water partition coefficient (Wildman–Crippen LogP) is 4.91. The Bertz CT molecular complexity index is 1700. The van der Waals surface area contributed by atoms with Gasteiger partial charge in [0.2, 0.25) is 0 Å². The molecule has 6 aromatic rings. The van der Waals surface area contributed by atoms with Gasteiger partial charge in [0.25, 0.3) is 5.56 Å². The molecule has 0 saturated heterocycles. The predicted molar refractivity (Wildman–Crippen MR) is 151 cm³/mol. The van der Waals surface area contributed by atoms with Crippen molar-refractivity contribution in [1.29, 1.82) is 0 Å². The Morgan fingerprint density at radius 2 is 1.80 bits per heavy atom. The molecule has 9 heteroatoms. The molecular weight excluding hydrogens is 502 g/mol. The van der Waals surface area contributed by atoms with Crippen LogP contribution < -0.4 is 5.56 Å². The smallest absolute Gasteiger partial charge is 0.253 e. The van der Waals surface area contributed by atoms with E-state index in [1.54, 1.807) is 17.1 Å². The van der Waals surface area contributed by atoms with Gasteiger partial charge in [-0.1, -0.05) is 49.4 Å². The van der Waals surface area contributed by atoms with Gasteiger partial charge in [0.05, 0.1) is 6.26 Å². The molecule has 0 aliphatic rings. The molecule has 40 heavy (non-hydrogen) atoms. The maximum atomic E-state index is 13.8. The fraction of sp³-hybridized carbons (Fsp3) is 0.194. The van der Waals surface area contributed by atoms with Crippen LogP contribution in [0.25, 0.3) is 10.9 Å². The first-order valence-electron chi connectivity index (χ1n) is 13.3. The molecule has 4 heterocycles. The van der Waals surface area contributed by atoms with Crippen LogP contribution in [-0.4, -0.2) is 35.1 Å². The molecular formula is C31H29N7O2. The van der Waals surface area contributed by atoms with Crippen molar-refractivity contribution in [2.75, 3.05) is 0 Å². The highest BCUT2D eigenvalue weighted by atomic mass is 16.3. The van der Waals surface area contributed by atoms with E-state index in [1.807, 2.05) is 66.9 Å². The monoisotopic (exact) mass is 531 g/mol. The molecule has 2 aromatic carbocycles. The third kappa shape index (κ3) is 5.45. The summed E-state index contributed by atoms with van der Waals surface area (Å²) >= 11 is 0. The Morgan fingerprint density at radius 1 is 0.950 bits per heavy atom. The van der Waals surface area contributed by atoms with Gasteiger partial charge in [-0.25, -0.2) is 4.68 Å². The highest BCUT2D eigenvalue weighted by Crippen LogP contribution is 2.30. The van der Waals surface area contributed by atoms with E-state index in [0.29, 0.717) is 36.8 Å². The van der Waals surface area contributed by atoms with Crippen molar-refractivity contribution in [3.8, 4) is 0 Å². The first-order valence-corrected chi connectivity index (χ1v) is 13.3. The summed E-state index contributed by atoms with van der Waals surface area (Å²) in [5.74, 6) is 1.27. The Kier molecular flexibility index (Phi) is 7.28. The largest absolute Gasteiger partial charge is 0.467 e. The number of pyridine rings is 2. The molecule has 1 N–H and O–H groups in total. The number of aromatic amines is 1. The molecule has 0 fully saturated rings. The number of benzene rings is 2. The fourth-order valence-electron chi connectivity index (χ4n) is 5.05. The zero-order valence-electron chi connectivity index (χ0n) is 22.1. The molecule has 6 rings (SSSR count). The molecule has 4 aromatic heterocycles. The number of aromatic nitrogens is 6. The van der Waals surface area contributed by atoms with Gasteiger partial charge in [-0.15, -0.1) is 5.10 Å². The van der Waals surface area contributed by atoms with Crippen LogP contribution in [0.4, 0.5) is 0 Å². The highest BCUT2D eigenvalue weighted by Gasteiger charge is 2.31. The van der Waals surface area contributed by atoms with Crippen LogP contribution in [0.2, 0.25) is 0 Å². The lowest BCUT2D eigenvalue weighted by Gasteiger charge is -2.31. The minimum absolute atomic E-state index is 0.182. The zero-order valence-corrected chi connectivity index (χ0v) is 22.1. The number of aryl methyl sites for hydroxylation is 1. The Labute approximate surface area is 231 Å². The lowest BCUT2D eigenvalue weighted by Crippen LogP contribution is -2.35. The molecule has 200 valence electrons. The Hall–Kier alpha value is -4.89. The topological polar surface area (TPSA) is 106 Å². The van der Waals surface area contributed by atoms with Crippen molar-refractivity contribution in [3.63, 3.8) is 0 Å². The second-order valence-electron chi connectivity index (χ2n) is 9.76. The normalized spacial score (nSPS) is 12.2. The van der Waals surface area contributed by atoms with Gasteiger partial charge in [0, 0.05) is 36.6 Å². The number of furan rings is 1. The number of nitrogens with one attached hydrogen (secondary N) is 1. The molecule has 0 amide bonds. The van der Waals surface area contributed by atoms with Gasteiger partial charge >= 0.3 is 0 Å². The first-order chi connectivity index (χ1) is 19.7. The summed E-state index contributed by atoms with van der Waals surface area (Å²) in [6.45, 7) is 3.53. The molecule has 0 radical (unpaired) electrons. The van der Waals surface area contributed by atoms with Crippen LogP contribution in [0, 0.1) is 0 Å². The van der Waals surface area contributed by atoms with Crippen molar-refractivity contribution in [2.24, 2.45) is 0 Å². The third-order valence-corrected chi connectivity index (χ3v) is 7.03. The Morgan fingerprint density at radius 3 is 2.58 bits per heavy atom. The summed E-state index contributed by atoms with van der Waals surface area (Å²) in [4.78, 5) is 23.4. The minimum atomic E-state index is -0.566. The van der Waals surface area contributed by atoms with Crippen molar-refractivity contribution in [1.82, 2.24) is 35.1 Å². The van der Waals surface area contributed by atoms with E-state index in [9.17, 15) is 4.79 Å². The average molecular weight is 532 g/mol. The summed E-state index contributed by atoms with van der Waals surface area (Å²) in [5, 5.41) is 13.8. The van der Waals surface area contributed by atoms with Gasteiger partial charge in [0.1, 0.15) is 18.3 Å². The number of hydrogen-bond donors (Lipinski definition) is 1. The van der Waals surface area contributed by atoms with E-state index >= 15 is 0 Å². The van der Waals surface area contributed by atoms with Crippen molar-refractivity contribution in [2.45, 2.75) is 39.0 Å². The highest BCUT2D eigenvalue weighted by molar-refractivity contribution is 5.80. The molecule has 1 atom stereocenters. The van der Waals surface area contributed by atoms with Crippen LogP contribution >= 0.6 is 0 Å². The maximum absolute atomic E-state index is 13.8.